The molecular weight excluding hydrogens is 264 g/mol. The fraction of sp³-hybridized carbons (Fsp3) is 0.588. The predicted molar refractivity (Wildman–Crippen MR) is 84.5 cm³/mol. The summed E-state index contributed by atoms with van der Waals surface area (Å²) in [6, 6.07) is 8.84. The van der Waals surface area contributed by atoms with Crippen LogP contribution in [0.15, 0.2) is 24.3 Å². The van der Waals surface area contributed by atoms with Crippen LogP contribution in [-0.4, -0.2) is 37.2 Å². The zero-order chi connectivity index (χ0) is 15.5. The van der Waals surface area contributed by atoms with Gasteiger partial charge in [-0.3, -0.25) is 0 Å². The molecule has 0 spiro atoms. The molecule has 0 aromatic heterocycles. The van der Waals surface area contributed by atoms with Gasteiger partial charge in [-0.2, -0.15) is 0 Å². The van der Waals surface area contributed by atoms with Gasteiger partial charge in [-0.25, -0.2) is 4.79 Å². The molecular formula is C17H26N2O2. The summed E-state index contributed by atoms with van der Waals surface area (Å²) in [5.41, 5.74) is 2.69. The summed E-state index contributed by atoms with van der Waals surface area (Å²) in [6.07, 6.45) is -0.204. The number of cyclic esters (lactones) is 1. The van der Waals surface area contributed by atoms with Crippen molar-refractivity contribution >= 4 is 6.09 Å². The first kappa shape index (κ1) is 15.8. The molecule has 0 radical (unpaired) electrons. The minimum Gasteiger partial charge on any atom is -0.448 e. The maximum Gasteiger partial charge on any atom is 0.410 e. The molecule has 1 aliphatic heterocycles. The number of rotatable bonds is 5. The number of benzene rings is 1. The number of hydrogen-bond acceptors (Lipinski definition) is 3. The molecule has 2 rings (SSSR count). The molecule has 1 fully saturated rings. The van der Waals surface area contributed by atoms with Gasteiger partial charge in [-0.05, 0) is 23.1 Å². The van der Waals surface area contributed by atoms with E-state index in [1.54, 1.807) is 4.90 Å². The molecule has 1 amide bonds. The molecule has 4 nitrogen and oxygen atoms in total. The van der Waals surface area contributed by atoms with Crippen molar-refractivity contribution in [2.45, 2.75) is 39.2 Å². The molecule has 4 heteroatoms. The number of carbonyl (C=O) groups is 1. The van der Waals surface area contributed by atoms with Crippen molar-refractivity contribution in [1.29, 1.82) is 0 Å². The normalized spacial score (nSPS) is 17.0. The van der Waals surface area contributed by atoms with E-state index < -0.39 is 0 Å². The zero-order valence-electron chi connectivity index (χ0n) is 13.5. The molecule has 1 N–H and O–H groups in total. The summed E-state index contributed by atoms with van der Waals surface area (Å²) < 4.78 is 5.00. The monoisotopic (exact) mass is 290 g/mol. The highest BCUT2D eigenvalue weighted by molar-refractivity contribution is 5.69. The van der Waals surface area contributed by atoms with Gasteiger partial charge in [0.15, 0.2) is 0 Å². The molecule has 1 unspecified atom stereocenters. The Kier molecular flexibility index (Phi) is 4.88. The van der Waals surface area contributed by atoms with E-state index in [1.165, 1.54) is 11.1 Å². The molecule has 1 aliphatic rings. The lowest BCUT2D eigenvalue weighted by atomic mass is 9.86. The van der Waals surface area contributed by atoms with E-state index in [4.69, 9.17) is 4.74 Å². The number of nitrogens with zero attached hydrogens (tertiary/aromatic N) is 1. The third-order valence-electron chi connectivity index (χ3n) is 3.88. The van der Waals surface area contributed by atoms with Crippen LogP contribution in [-0.2, 0) is 10.2 Å². The molecule has 116 valence electrons. The molecule has 1 aromatic rings. The molecule has 1 saturated heterocycles. The van der Waals surface area contributed by atoms with E-state index in [0.29, 0.717) is 19.7 Å². The Morgan fingerprint density at radius 3 is 2.43 bits per heavy atom. The third kappa shape index (κ3) is 3.97. The number of carbonyl (C=O) groups excluding carboxylic acids is 1. The molecule has 0 aliphatic carbocycles. The maximum atomic E-state index is 11.6. The summed E-state index contributed by atoms with van der Waals surface area (Å²) in [5, 5.41) is 3.46. The average Bonchev–Trinajstić information content (AvgIpc) is 2.83. The lowest BCUT2D eigenvalue weighted by molar-refractivity contribution is 0.156. The van der Waals surface area contributed by atoms with Gasteiger partial charge in [0, 0.05) is 6.54 Å². The third-order valence-corrected chi connectivity index (χ3v) is 3.88. The number of nitrogens with one attached hydrogen (secondary N) is 1. The molecule has 0 saturated carbocycles. The van der Waals surface area contributed by atoms with Crippen LogP contribution < -0.4 is 5.32 Å². The van der Waals surface area contributed by atoms with E-state index in [-0.39, 0.29) is 17.6 Å². The van der Waals surface area contributed by atoms with Gasteiger partial charge < -0.3 is 15.0 Å². The second-order valence-corrected chi connectivity index (χ2v) is 6.54. The van der Waals surface area contributed by atoms with Crippen molar-refractivity contribution in [2.75, 3.05) is 26.2 Å². The Labute approximate surface area is 127 Å². The van der Waals surface area contributed by atoms with E-state index in [9.17, 15) is 4.79 Å². The van der Waals surface area contributed by atoms with Gasteiger partial charge in [-0.15, -0.1) is 0 Å². The predicted octanol–water partition coefficient (Wildman–Crippen LogP) is 3.09. The first-order chi connectivity index (χ1) is 9.91. The van der Waals surface area contributed by atoms with Gasteiger partial charge in [0.1, 0.15) is 6.61 Å². The Hall–Kier alpha value is -1.55. The molecule has 1 atom stereocenters. The highest BCUT2D eigenvalue weighted by Crippen LogP contribution is 2.24. The van der Waals surface area contributed by atoms with Crippen LogP contribution in [0.25, 0.3) is 0 Å². The van der Waals surface area contributed by atoms with E-state index in [0.717, 1.165) is 6.54 Å². The quantitative estimate of drug-likeness (QED) is 0.906. The minimum absolute atomic E-state index is 0.148. The molecule has 1 aromatic carbocycles. The van der Waals surface area contributed by atoms with Crippen LogP contribution in [0.3, 0.4) is 0 Å². The van der Waals surface area contributed by atoms with Gasteiger partial charge in [0.2, 0.25) is 0 Å². The summed E-state index contributed by atoms with van der Waals surface area (Å²) in [5.74, 6) is 0. The lowest BCUT2D eigenvalue weighted by Gasteiger charge is -2.25. The summed E-state index contributed by atoms with van der Waals surface area (Å²) in [7, 11) is 0. The lowest BCUT2D eigenvalue weighted by Crippen LogP contribution is -2.35. The Bertz CT molecular complexity index is 477. The van der Waals surface area contributed by atoms with Gasteiger partial charge in [0.25, 0.3) is 0 Å². The zero-order valence-corrected chi connectivity index (χ0v) is 13.5. The largest absolute Gasteiger partial charge is 0.448 e. The van der Waals surface area contributed by atoms with Crippen molar-refractivity contribution in [1.82, 2.24) is 10.2 Å². The van der Waals surface area contributed by atoms with E-state index in [1.807, 2.05) is 0 Å². The SMILES string of the molecule is CCNC(CN1CCOC1=O)c1ccc(C(C)(C)C)cc1. The average molecular weight is 290 g/mol. The molecule has 21 heavy (non-hydrogen) atoms. The Balaban J connectivity index is 2.12. The Morgan fingerprint density at radius 1 is 1.29 bits per heavy atom. The highest BCUT2D eigenvalue weighted by Gasteiger charge is 2.25. The number of amides is 1. The summed E-state index contributed by atoms with van der Waals surface area (Å²) in [4.78, 5) is 13.4. The van der Waals surface area contributed by atoms with Gasteiger partial charge in [0.05, 0.1) is 12.6 Å². The Morgan fingerprint density at radius 2 is 1.95 bits per heavy atom. The minimum atomic E-state index is -0.204. The van der Waals surface area contributed by atoms with Gasteiger partial charge >= 0.3 is 6.09 Å². The van der Waals surface area contributed by atoms with E-state index in [2.05, 4.69) is 57.3 Å². The topological polar surface area (TPSA) is 41.6 Å². The van der Waals surface area contributed by atoms with Crippen molar-refractivity contribution in [3.63, 3.8) is 0 Å². The highest BCUT2D eigenvalue weighted by atomic mass is 16.6. The number of likely N-dealkylation sites (N-methyl/N-ethyl adjacent to an activating group) is 1. The first-order valence-electron chi connectivity index (χ1n) is 7.67. The summed E-state index contributed by atoms with van der Waals surface area (Å²) in [6.45, 7) is 11.4. The molecule has 1 heterocycles. The van der Waals surface area contributed by atoms with Crippen molar-refractivity contribution in [2.24, 2.45) is 0 Å². The fourth-order valence-corrected chi connectivity index (χ4v) is 2.56. The molecule has 0 bridgehead atoms. The van der Waals surface area contributed by atoms with Crippen LogP contribution in [0.5, 0.6) is 0 Å². The maximum absolute atomic E-state index is 11.6. The fourth-order valence-electron chi connectivity index (χ4n) is 2.56. The van der Waals surface area contributed by atoms with Crippen molar-refractivity contribution in [3.8, 4) is 0 Å². The van der Waals surface area contributed by atoms with Crippen molar-refractivity contribution < 1.29 is 9.53 Å². The number of hydrogen-bond donors (Lipinski definition) is 1. The van der Waals surface area contributed by atoms with Gasteiger partial charge in [-0.1, -0.05) is 52.0 Å². The second kappa shape index (κ2) is 6.48. The van der Waals surface area contributed by atoms with E-state index >= 15 is 0 Å². The summed E-state index contributed by atoms with van der Waals surface area (Å²) >= 11 is 0. The van der Waals surface area contributed by atoms with Crippen LogP contribution in [0, 0.1) is 0 Å². The smallest absolute Gasteiger partial charge is 0.410 e. The van der Waals surface area contributed by atoms with Crippen LogP contribution >= 0.6 is 0 Å². The van der Waals surface area contributed by atoms with Crippen LogP contribution in [0.4, 0.5) is 4.79 Å². The standard InChI is InChI=1S/C17H26N2O2/c1-5-18-15(12-19-10-11-21-16(19)20)13-6-8-14(9-7-13)17(2,3)4/h6-9,15,18H,5,10-12H2,1-4H3. The number of ether oxygens (including phenoxy) is 1. The van der Waals surface area contributed by atoms with Crippen LogP contribution in [0.2, 0.25) is 0 Å². The van der Waals surface area contributed by atoms with Crippen molar-refractivity contribution in [3.05, 3.63) is 35.4 Å². The first-order valence-corrected chi connectivity index (χ1v) is 7.67. The second-order valence-electron chi connectivity index (χ2n) is 6.54. The van der Waals surface area contributed by atoms with Crippen LogP contribution in [0.1, 0.15) is 44.9 Å².